The molecule has 0 amide bonds. The van der Waals surface area contributed by atoms with Crippen LogP contribution in [-0.4, -0.2) is 101 Å². The van der Waals surface area contributed by atoms with Gasteiger partial charge in [0.2, 0.25) is 0 Å². The molecule has 0 bridgehead atoms. The minimum absolute atomic E-state index is 0.0465. The minimum atomic E-state index is -1.61. The van der Waals surface area contributed by atoms with Crippen LogP contribution >= 0.6 is 114 Å². The molecule has 2 aliphatic heterocycles. The van der Waals surface area contributed by atoms with Crippen LogP contribution in [0.15, 0.2) is 198 Å². The van der Waals surface area contributed by atoms with E-state index in [2.05, 4.69) is 206 Å². The molecule has 4 heterocycles. The molecule has 20 heteroatoms. The van der Waals surface area contributed by atoms with Crippen LogP contribution in [0.4, 0.5) is 22.7 Å². The van der Waals surface area contributed by atoms with Crippen molar-refractivity contribution in [3.8, 4) is 0 Å². The first-order valence-corrected chi connectivity index (χ1v) is 79.9. The molecule has 2 aromatic heterocycles. The first kappa shape index (κ1) is 125. The number of hydrogen-bond donors (Lipinski definition) is 0. The van der Waals surface area contributed by atoms with Crippen molar-refractivity contribution in [2.45, 2.75) is 423 Å². The molecule has 147 heavy (non-hydrogen) atoms. The molecular formula is C127H182Br2Cl6N6P3Ru3+. The van der Waals surface area contributed by atoms with Crippen molar-refractivity contribution in [1.29, 1.82) is 0 Å². The van der Waals surface area contributed by atoms with Crippen LogP contribution in [0.25, 0.3) is 0 Å². The van der Waals surface area contributed by atoms with Crippen molar-refractivity contribution in [3.63, 3.8) is 0 Å². The summed E-state index contributed by atoms with van der Waals surface area (Å²) >= 11 is 1.65. The molecule has 11 fully saturated rings. The summed E-state index contributed by atoms with van der Waals surface area (Å²) in [5, 5.41) is 0. The number of rotatable bonds is 16. The molecule has 20 rings (SSSR count). The van der Waals surface area contributed by atoms with Gasteiger partial charge in [0.1, 0.15) is 0 Å². The van der Waals surface area contributed by atoms with Crippen LogP contribution in [-0.2, 0) is 40.6 Å². The van der Waals surface area contributed by atoms with E-state index in [1.54, 1.807) is 314 Å². The van der Waals surface area contributed by atoms with Gasteiger partial charge in [-0.3, -0.25) is 9.97 Å². The van der Waals surface area contributed by atoms with Gasteiger partial charge in [0, 0.05) is 106 Å². The zero-order chi connectivity index (χ0) is 105. The number of pyridine rings is 2. The van der Waals surface area contributed by atoms with E-state index < -0.39 is 40.6 Å². The van der Waals surface area contributed by atoms with Crippen molar-refractivity contribution in [3.05, 3.63) is 294 Å². The maximum atomic E-state index is 5.67. The second-order valence-electron chi connectivity index (χ2n) is 44.0. The third-order valence-electron chi connectivity index (χ3n) is 32.3. The van der Waals surface area contributed by atoms with Gasteiger partial charge >= 0.3 is 220 Å². The number of hydrogen-bond acceptors (Lipinski definition) is 6. The van der Waals surface area contributed by atoms with Crippen LogP contribution < -0.4 is 19.6 Å². The van der Waals surface area contributed by atoms with Gasteiger partial charge in [0.25, 0.3) is 0 Å². The van der Waals surface area contributed by atoms with E-state index in [1.807, 2.05) is 129 Å². The van der Waals surface area contributed by atoms with Crippen molar-refractivity contribution < 1.29 is 40.6 Å². The Kier molecular flexibility index (Phi) is 59.1. The summed E-state index contributed by atoms with van der Waals surface area (Å²) < 4.78 is 7.82. The van der Waals surface area contributed by atoms with Gasteiger partial charge < -0.3 is 19.6 Å². The number of halogens is 8. The molecule has 6 nitrogen and oxygen atoms in total. The Hall–Kier alpha value is -2.49. The normalized spacial score (nSPS) is 18.8. The molecule has 0 N–H and O–H groups in total. The molecule has 9 saturated carbocycles. The summed E-state index contributed by atoms with van der Waals surface area (Å²) in [6.45, 7) is 35.1. The van der Waals surface area contributed by atoms with Gasteiger partial charge in [-0.15, -0.1) is 0 Å². The quantitative estimate of drug-likeness (QED) is 0.0545. The number of aromatic nitrogens is 2. The number of benzene rings is 7. The molecule has 0 spiro atoms. The fraction of sp³-hybridized carbons (Fsp3) is 0.551. The Bertz CT molecular complexity index is 4530. The Morgan fingerprint density at radius 2 is 0.408 bits per heavy atom. The fourth-order valence-corrected chi connectivity index (χ4v) is 48.3. The summed E-state index contributed by atoms with van der Waals surface area (Å²) in [5.41, 5.74) is 36.1. The number of anilines is 4. The van der Waals surface area contributed by atoms with Gasteiger partial charge in [-0.25, -0.2) is 0 Å². The second-order valence-corrected chi connectivity index (χ2v) is 73.4. The van der Waals surface area contributed by atoms with Crippen LogP contribution in [0.1, 0.15) is 372 Å². The zero-order valence-electron chi connectivity index (χ0n) is 91.4. The fourth-order valence-electron chi connectivity index (χ4n) is 26.6. The van der Waals surface area contributed by atoms with E-state index in [-0.39, 0.29) is 23.8 Å². The first-order chi connectivity index (χ1) is 71.2. The van der Waals surface area contributed by atoms with Crippen molar-refractivity contribution in [2.24, 2.45) is 0 Å². The van der Waals surface area contributed by atoms with Crippen molar-refractivity contribution >= 4 is 150 Å². The topological polar surface area (TPSA) is 38.7 Å². The number of nitrogens with zero attached hydrogens (tertiary/aromatic N) is 6. The molecule has 9 aromatic rings. The maximum absolute atomic E-state index is 5.67. The third kappa shape index (κ3) is 44.0. The predicted molar refractivity (Wildman–Crippen MR) is 661 cm³/mol. The SMILES string of the molecule is Brc1cccnc1.Brc1cccnc1.C1CCC([PH+](C2CCCCC2)C2CCCCC2)CC1.C1CCC([PH+](C2CCCCC2)C2CCCCC2)CC1.C1CCC([PH+](C2CCCCC2)C2CCCCC2)CC1.Cc1cc(C)c(N2[CH-]N(c3c(C)cc(C)cc3C)CC2)c(C)c1.Cc1cc(C)c(N2[CH-]N(c3c(C)cc(C)cc3C)CC2)c(C)c1.[Cl][Ru]([Cl])=[CH]c1ccccc1.[Cl][Ru]([Cl])=[CH]c1ccccc1.[Cl][Ru]([Cl])=[CH]c1ccccc1. The molecule has 0 radical (unpaired) electrons. The summed E-state index contributed by atoms with van der Waals surface area (Å²) in [5.74, 6) is 0. The van der Waals surface area contributed by atoms with E-state index in [9.17, 15) is 0 Å². The summed E-state index contributed by atoms with van der Waals surface area (Å²) in [4.78, 5) is 17.3. The van der Waals surface area contributed by atoms with E-state index in [0.29, 0.717) is 0 Å². The van der Waals surface area contributed by atoms with Gasteiger partial charge in [0.05, 0.1) is 50.9 Å². The molecule has 11 aliphatic rings. The van der Waals surface area contributed by atoms with Crippen LogP contribution in [0.2, 0.25) is 0 Å². The average molecular weight is 2560 g/mol. The predicted octanol–water partition coefficient (Wildman–Crippen LogP) is 40.5. The summed E-state index contributed by atoms with van der Waals surface area (Å²) in [7, 11) is 33.9. The van der Waals surface area contributed by atoms with Gasteiger partial charge in [-0.05, 0) is 415 Å². The van der Waals surface area contributed by atoms with Crippen LogP contribution in [0, 0.1) is 96.4 Å². The Labute approximate surface area is 953 Å². The Morgan fingerprint density at radius 1 is 0.245 bits per heavy atom. The first-order valence-electron chi connectivity index (χ1n) is 56.7. The van der Waals surface area contributed by atoms with Gasteiger partial charge in [-0.2, -0.15) is 13.3 Å². The van der Waals surface area contributed by atoms with Crippen molar-refractivity contribution in [2.75, 3.05) is 45.8 Å². The molecule has 0 atom stereocenters. The number of aryl methyl sites for hydroxylation is 12. The van der Waals surface area contributed by atoms with Gasteiger partial charge in [0.15, 0.2) is 0 Å². The van der Waals surface area contributed by atoms with Crippen LogP contribution in [0.5, 0.6) is 0 Å². The molecule has 2 saturated heterocycles. The van der Waals surface area contributed by atoms with E-state index in [0.717, 1.165) is 51.8 Å². The summed E-state index contributed by atoms with van der Waals surface area (Å²) in [6.07, 6.45) is 78.4. The zero-order valence-corrected chi connectivity index (χ0v) is 107. The second kappa shape index (κ2) is 69.7. The molecule has 9 aliphatic carbocycles. The average Bonchev–Trinajstić information content (AvgIpc) is 1.62. The Balaban J connectivity index is 0.000000159. The van der Waals surface area contributed by atoms with E-state index >= 15 is 0 Å². The summed E-state index contributed by atoms with van der Waals surface area (Å²) in [6, 6.07) is 55.5. The van der Waals surface area contributed by atoms with E-state index in [4.69, 9.17) is 58.1 Å². The molecule has 7 aromatic carbocycles. The van der Waals surface area contributed by atoms with Crippen LogP contribution in [0.3, 0.4) is 0 Å². The monoisotopic (exact) mass is 2560 g/mol. The molecule has 814 valence electrons. The van der Waals surface area contributed by atoms with E-state index in [1.165, 1.54) is 140 Å². The van der Waals surface area contributed by atoms with Crippen molar-refractivity contribution in [1.82, 2.24) is 9.97 Å². The third-order valence-corrected chi connectivity index (χ3v) is 52.6. The Morgan fingerprint density at radius 3 is 0.537 bits per heavy atom. The molecular weight excluding hydrogens is 2380 g/mol. The van der Waals surface area contributed by atoms with Gasteiger partial charge in [-0.1, -0.05) is 129 Å². The standard InChI is InChI=1S/2C21H27N2.3C18H33P.3C7H6.2C5H4BrN.6ClH.3Ru/c2*1-14-9-16(3)20(17(4)10-14)22-7-8-23(13-22)21-18(5)11-15(2)12-19(21)6;3*1-4-10-16(11-5-1)19(17-12-6-2-7-13-17)18-14-8-3-9-15-18;3*1-7-5-3-2-4-6-7;2*6-5-2-1-3-7-4-5;;;;;;;;;/h2*9-13H,7-8H2,1-6H3;3*16-18H,1-15H2;3*1-6H;2*1-4H;6*1H;;;/q2*-1;;;;;;;;;;;;;;;3*+2/p-3. The molecule has 0 unspecified atom stereocenters.